The van der Waals surface area contributed by atoms with E-state index in [1.54, 1.807) is 0 Å². The Morgan fingerprint density at radius 3 is 0.750 bits per heavy atom. The van der Waals surface area contributed by atoms with E-state index in [0.29, 0.717) is 25.7 Å². The van der Waals surface area contributed by atoms with Crippen LogP contribution in [-0.2, 0) is 0 Å². The molecule has 0 atom stereocenters. The third kappa shape index (κ3) is 32.8. The van der Waals surface area contributed by atoms with Crippen molar-refractivity contribution in [3.63, 3.8) is 0 Å². The third-order valence-electron chi connectivity index (χ3n) is 8.19. The van der Waals surface area contributed by atoms with E-state index in [4.69, 9.17) is 20.4 Å². The molecule has 8 heteroatoms. The van der Waals surface area contributed by atoms with Crippen LogP contribution in [0.4, 0.5) is 0 Å². The number of hydrogen-bond donors (Lipinski definition) is 6. The normalized spacial score (nSPS) is 11.4. The summed E-state index contributed by atoms with van der Waals surface area (Å²) in [5.41, 5.74) is 8.18. The molecule has 0 aromatic heterocycles. The predicted molar refractivity (Wildman–Crippen MR) is 162 cm³/mol. The lowest BCUT2D eigenvalue weighted by molar-refractivity contribution is -0.485. The number of aliphatic hydroxyl groups is 4. The van der Waals surface area contributed by atoms with Gasteiger partial charge in [0.25, 0.3) is 0 Å². The first-order chi connectivity index (χ1) is 18.4. The minimum absolute atomic E-state index is 0. The molecular formula is C32H72Cl2N2O4. The van der Waals surface area contributed by atoms with Crippen LogP contribution in [0.15, 0.2) is 0 Å². The van der Waals surface area contributed by atoms with Gasteiger partial charge in [0.15, 0.2) is 0 Å². The van der Waals surface area contributed by atoms with Crippen molar-refractivity contribution in [2.24, 2.45) is 0 Å². The van der Waals surface area contributed by atoms with Gasteiger partial charge >= 0.3 is 0 Å². The smallest absolute Gasteiger partial charge is 0.0990 e. The summed E-state index contributed by atoms with van der Waals surface area (Å²) in [5.74, 6) is 0. The molecule has 0 heterocycles. The van der Waals surface area contributed by atoms with Crippen LogP contribution in [0, 0.1) is 0 Å². The maximum Gasteiger partial charge on any atom is 0.0990 e. The number of rotatable bonds is 28. The fourth-order valence-electron chi connectivity index (χ4n) is 5.32. The Balaban J connectivity index is -0.000000309. The zero-order valence-corrected chi connectivity index (χ0v) is 28.3. The number of halogens is 2. The topological polar surface area (TPSA) is 136 Å². The van der Waals surface area contributed by atoms with E-state index in [0.717, 1.165) is 12.8 Å². The highest BCUT2D eigenvalue weighted by Gasteiger charge is 2.28. The molecule has 10 N–H and O–H groups in total. The highest BCUT2D eigenvalue weighted by Crippen LogP contribution is 2.20. The summed E-state index contributed by atoms with van der Waals surface area (Å²) in [7, 11) is 0. The second kappa shape index (κ2) is 35.5. The van der Waals surface area contributed by atoms with E-state index in [1.807, 2.05) is 0 Å². The van der Waals surface area contributed by atoms with Gasteiger partial charge in [-0.05, 0) is 12.8 Å². The summed E-state index contributed by atoms with van der Waals surface area (Å²) in [6.07, 6.45) is 28.9. The maximum atomic E-state index is 9.05. The van der Waals surface area contributed by atoms with Crippen LogP contribution in [0.3, 0.4) is 0 Å². The average molecular weight is 620 g/mol. The highest BCUT2D eigenvalue weighted by atomic mass is 35.5. The second-order valence-corrected chi connectivity index (χ2v) is 12.1. The Labute approximate surface area is 261 Å². The van der Waals surface area contributed by atoms with E-state index in [2.05, 4.69) is 25.3 Å². The van der Waals surface area contributed by atoms with Gasteiger partial charge in [-0.2, -0.15) is 0 Å². The Bertz CT molecular complexity index is 411. The lowest BCUT2D eigenvalue weighted by Gasteiger charge is -2.24. The molecule has 248 valence electrons. The molecule has 0 spiro atoms. The van der Waals surface area contributed by atoms with Crippen molar-refractivity contribution in [2.45, 2.75) is 179 Å². The first-order valence-electron chi connectivity index (χ1n) is 16.5. The first kappa shape index (κ1) is 47.3. The van der Waals surface area contributed by atoms with Crippen molar-refractivity contribution in [1.29, 1.82) is 0 Å². The molecule has 0 aliphatic rings. The van der Waals surface area contributed by atoms with Crippen LogP contribution in [0.2, 0.25) is 0 Å². The van der Waals surface area contributed by atoms with E-state index in [1.165, 1.54) is 116 Å². The first-order valence-corrected chi connectivity index (χ1v) is 16.5. The summed E-state index contributed by atoms with van der Waals surface area (Å²) in [6, 6.07) is 0. The fraction of sp³-hybridized carbons (Fsp3) is 1.00. The summed E-state index contributed by atoms with van der Waals surface area (Å²) >= 11 is 0. The molecule has 0 saturated carbocycles. The SMILES string of the molecule is CCCCCCCCCCCC([NH3+])(CCO)CCO.CCCCCCCCCCCC([NH3+])(CCO)CCO.[Cl-].[Cl-]. The molecule has 0 aromatic carbocycles. The molecule has 6 nitrogen and oxygen atoms in total. The highest BCUT2D eigenvalue weighted by molar-refractivity contribution is 4.76. The maximum absolute atomic E-state index is 9.05. The summed E-state index contributed by atoms with van der Waals surface area (Å²) in [5, 5.41) is 36.2. The number of unbranched alkanes of at least 4 members (excludes halogenated alkanes) is 16. The van der Waals surface area contributed by atoms with Gasteiger partial charge in [0.1, 0.15) is 0 Å². The van der Waals surface area contributed by atoms with E-state index in [9.17, 15) is 0 Å². The average Bonchev–Trinajstić information content (AvgIpc) is 2.88. The van der Waals surface area contributed by atoms with Crippen LogP contribution >= 0.6 is 0 Å². The van der Waals surface area contributed by atoms with Gasteiger partial charge in [-0.25, -0.2) is 0 Å². The number of aliphatic hydroxyl groups excluding tert-OH is 4. The monoisotopic (exact) mass is 618 g/mol. The molecule has 0 aliphatic carbocycles. The van der Waals surface area contributed by atoms with Crippen LogP contribution in [0.5, 0.6) is 0 Å². The van der Waals surface area contributed by atoms with Gasteiger partial charge < -0.3 is 56.7 Å². The lowest BCUT2D eigenvalue weighted by Crippen LogP contribution is -3.00. The van der Waals surface area contributed by atoms with Crippen molar-refractivity contribution in [1.82, 2.24) is 0 Å². The third-order valence-corrected chi connectivity index (χ3v) is 8.19. The summed E-state index contributed by atoms with van der Waals surface area (Å²) in [6.45, 7) is 5.23. The molecule has 0 fully saturated rings. The molecule has 0 rings (SSSR count). The Morgan fingerprint density at radius 1 is 0.350 bits per heavy atom. The van der Waals surface area contributed by atoms with E-state index >= 15 is 0 Å². The minimum atomic E-state index is -0.107. The van der Waals surface area contributed by atoms with Gasteiger partial charge in [-0.15, -0.1) is 0 Å². The molecule has 0 aliphatic heterocycles. The molecule has 0 bridgehead atoms. The van der Waals surface area contributed by atoms with Gasteiger partial charge in [0.05, 0.1) is 11.1 Å². The largest absolute Gasteiger partial charge is 1.00 e. The number of hydrogen-bond acceptors (Lipinski definition) is 4. The molecule has 40 heavy (non-hydrogen) atoms. The van der Waals surface area contributed by atoms with Crippen LogP contribution in [0.1, 0.15) is 168 Å². The quantitative estimate of drug-likeness (QED) is 0.0647. The summed E-state index contributed by atoms with van der Waals surface area (Å²) < 4.78 is 0. The van der Waals surface area contributed by atoms with Gasteiger partial charge in [-0.1, -0.05) is 117 Å². The summed E-state index contributed by atoms with van der Waals surface area (Å²) in [4.78, 5) is 0. The fourth-order valence-corrected chi connectivity index (χ4v) is 5.32. The minimum Gasteiger partial charge on any atom is -1.00 e. The zero-order valence-electron chi connectivity index (χ0n) is 26.8. The molecule has 0 unspecified atom stereocenters. The molecule has 0 radical (unpaired) electrons. The Kier molecular flexibility index (Phi) is 42.0. The molecule has 0 aromatic rings. The standard InChI is InChI=1S/2C16H35NO2.2ClH/c2*1-2-3-4-5-6-7-8-9-10-11-16(17,12-14-18)13-15-19;;/h2*18-19H,2-15,17H2,1H3;2*1H. The van der Waals surface area contributed by atoms with Gasteiger partial charge in [0.2, 0.25) is 0 Å². The van der Waals surface area contributed by atoms with Crippen molar-refractivity contribution < 1.29 is 56.7 Å². The van der Waals surface area contributed by atoms with E-state index < -0.39 is 0 Å². The molecular weight excluding hydrogens is 547 g/mol. The predicted octanol–water partition coefficient (Wildman–Crippen LogP) is -0.686. The van der Waals surface area contributed by atoms with Crippen molar-refractivity contribution in [2.75, 3.05) is 26.4 Å². The van der Waals surface area contributed by atoms with Crippen molar-refractivity contribution >= 4 is 0 Å². The molecule has 0 saturated heterocycles. The second-order valence-electron chi connectivity index (χ2n) is 12.1. The Morgan fingerprint density at radius 2 is 0.550 bits per heavy atom. The van der Waals surface area contributed by atoms with Crippen molar-refractivity contribution in [3.8, 4) is 0 Å². The van der Waals surface area contributed by atoms with Crippen LogP contribution in [0.25, 0.3) is 0 Å². The van der Waals surface area contributed by atoms with Gasteiger partial charge in [0, 0.05) is 65.0 Å². The number of quaternary nitrogens is 2. The van der Waals surface area contributed by atoms with Crippen LogP contribution < -0.4 is 36.3 Å². The zero-order chi connectivity index (χ0) is 28.8. The van der Waals surface area contributed by atoms with E-state index in [-0.39, 0.29) is 62.3 Å². The lowest BCUT2D eigenvalue weighted by atomic mass is 9.87. The van der Waals surface area contributed by atoms with Crippen molar-refractivity contribution in [3.05, 3.63) is 0 Å². The van der Waals surface area contributed by atoms with Gasteiger partial charge in [-0.3, -0.25) is 0 Å². The Hall–Kier alpha value is 0.340. The molecule has 0 amide bonds. The van der Waals surface area contributed by atoms with Crippen LogP contribution in [-0.4, -0.2) is 57.9 Å².